The largest absolute Gasteiger partial charge is 0.480 e. The van der Waals surface area contributed by atoms with E-state index in [2.05, 4.69) is 10.6 Å². The van der Waals surface area contributed by atoms with Gasteiger partial charge in [0.1, 0.15) is 18.7 Å². The summed E-state index contributed by atoms with van der Waals surface area (Å²) in [6, 6.07) is 8.19. The molecule has 140 valence electrons. The van der Waals surface area contributed by atoms with E-state index in [-0.39, 0.29) is 19.4 Å². The fourth-order valence-electron chi connectivity index (χ4n) is 2.02. The fourth-order valence-corrected chi connectivity index (χ4v) is 2.02. The first-order valence-electron chi connectivity index (χ1n) is 7.96. The lowest BCUT2D eigenvalue weighted by Gasteiger charge is -2.19. The number of carbonyl (C=O) groups excluding carboxylic acids is 2. The van der Waals surface area contributed by atoms with Crippen molar-refractivity contribution in [3.63, 3.8) is 0 Å². The minimum atomic E-state index is -1.35. The number of nitriles is 1. The Balaban J connectivity index is 2.51. The van der Waals surface area contributed by atoms with Crippen LogP contribution in [0.5, 0.6) is 0 Å². The summed E-state index contributed by atoms with van der Waals surface area (Å²) >= 11 is 0. The third-order valence-corrected chi connectivity index (χ3v) is 3.40. The van der Waals surface area contributed by atoms with Crippen molar-refractivity contribution >= 4 is 18.0 Å². The van der Waals surface area contributed by atoms with E-state index in [1.165, 1.54) is 0 Å². The molecule has 0 aliphatic heterocycles. The highest BCUT2D eigenvalue weighted by atomic mass is 16.5. The number of hydrogen-bond donors (Lipinski definition) is 4. The van der Waals surface area contributed by atoms with E-state index in [1.807, 2.05) is 12.1 Å². The van der Waals surface area contributed by atoms with Gasteiger partial charge < -0.3 is 25.6 Å². The van der Waals surface area contributed by atoms with Crippen molar-refractivity contribution in [2.24, 2.45) is 0 Å². The summed E-state index contributed by atoms with van der Waals surface area (Å²) in [4.78, 5) is 35.0. The van der Waals surface area contributed by atoms with Crippen molar-refractivity contribution in [1.82, 2.24) is 10.6 Å². The highest BCUT2D eigenvalue weighted by molar-refractivity contribution is 5.89. The zero-order valence-electron chi connectivity index (χ0n) is 14.1. The second kappa shape index (κ2) is 11.4. The first kappa shape index (κ1) is 20.9. The number of aliphatic carboxylic acids is 1. The molecule has 26 heavy (non-hydrogen) atoms. The number of nitrogens with zero attached hydrogens (tertiary/aromatic N) is 1. The van der Waals surface area contributed by atoms with Crippen LogP contribution in [-0.2, 0) is 20.9 Å². The molecule has 0 aliphatic carbocycles. The van der Waals surface area contributed by atoms with Crippen LogP contribution in [0.3, 0.4) is 0 Å². The Morgan fingerprint density at radius 2 is 1.85 bits per heavy atom. The predicted molar refractivity (Wildman–Crippen MR) is 89.7 cm³/mol. The Kier molecular flexibility index (Phi) is 9.20. The zero-order chi connectivity index (χ0) is 19.4. The normalized spacial score (nSPS) is 12.3. The molecular formula is C17H21N3O6. The van der Waals surface area contributed by atoms with Crippen molar-refractivity contribution in [2.45, 2.75) is 38.0 Å². The van der Waals surface area contributed by atoms with E-state index in [1.54, 1.807) is 24.3 Å². The van der Waals surface area contributed by atoms with E-state index in [4.69, 9.17) is 15.1 Å². The highest BCUT2D eigenvalue weighted by Crippen LogP contribution is 2.03. The second-order valence-corrected chi connectivity index (χ2v) is 5.39. The lowest BCUT2D eigenvalue weighted by molar-refractivity contribution is -0.142. The standard InChI is InChI=1S/C17H21N3O6/c18-9-5-4-8-13(16(23)24)19-15(22)14(10-21)20-17(25)26-11-12-6-2-1-3-7-12/h1-3,6-7,13-14,21H,4-5,8,10-11H2,(H,19,22)(H,20,25)(H,23,24)/t13-,14+/m1/s1. The van der Waals surface area contributed by atoms with Crippen LogP contribution in [0.25, 0.3) is 0 Å². The number of amides is 2. The molecule has 0 aromatic heterocycles. The molecule has 2 amide bonds. The van der Waals surface area contributed by atoms with Gasteiger partial charge in [0.2, 0.25) is 5.91 Å². The number of carboxylic acid groups (broad SMARTS) is 1. The van der Waals surface area contributed by atoms with Crippen molar-refractivity contribution in [1.29, 1.82) is 5.26 Å². The number of carboxylic acids is 1. The van der Waals surface area contributed by atoms with E-state index in [9.17, 15) is 19.5 Å². The molecule has 0 heterocycles. The van der Waals surface area contributed by atoms with Gasteiger partial charge in [-0.05, 0) is 18.4 Å². The van der Waals surface area contributed by atoms with Crippen LogP contribution in [0.2, 0.25) is 0 Å². The topological polar surface area (TPSA) is 149 Å². The lowest BCUT2D eigenvalue weighted by Crippen LogP contribution is -2.53. The van der Waals surface area contributed by atoms with Crippen LogP contribution in [0.4, 0.5) is 4.79 Å². The number of rotatable bonds is 10. The van der Waals surface area contributed by atoms with Gasteiger partial charge in [-0.15, -0.1) is 0 Å². The molecule has 2 atom stereocenters. The minimum Gasteiger partial charge on any atom is -0.480 e. The fraction of sp³-hybridized carbons (Fsp3) is 0.412. The molecule has 0 saturated carbocycles. The first-order chi connectivity index (χ1) is 12.5. The van der Waals surface area contributed by atoms with Crippen LogP contribution in [0.1, 0.15) is 24.8 Å². The molecule has 0 bridgehead atoms. The first-order valence-corrected chi connectivity index (χ1v) is 7.96. The number of aliphatic hydroxyl groups is 1. The summed E-state index contributed by atoms with van der Waals surface area (Å²) < 4.78 is 4.95. The molecule has 1 rings (SSSR count). The molecule has 0 aliphatic rings. The van der Waals surface area contributed by atoms with Gasteiger partial charge in [0.15, 0.2) is 0 Å². The van der Waals surface area contributed by atoms with Crippen LogP contribution < -0.4 is 10.6 Å². The number of hydrogen-bond acceptors (Lipinski definition) is 6. The van der Waals surface area contributed by atoms with Crippen LogP contribution >= 0.6 is 0 Å². The summed E-state index contributed by atoms with van der Waals surface area (Å²) in [6.45, 7) is -0.741. The number of aliphatic hydroxyl groups excluding tert-OH is 1. The van der Waals surface area contributed by atoms with Gasteiger partial charge in [-0.2, -0.15) is 5.26 Å². The number of unbranched alkanes of at least 4 members (excludes halogenated alkanes) is 1. The van der Waals surface area contributed by atoms with Gasteiger partial charge in [-0.3, -0.25) is 4.79 Å². The van der Waals surface area contributed by atoms with Crippen molar-refractivity contribution in [2.75, 3.05) is 6.61 Å². The predicted octanol–water partition coefficient (Wildman–Crippen LogP) is 0.537. The third-order valence-electron chi connectivity index (χ3n) is 3.40. The van der Waals surface area contributed by atoms with Crippen LogP contribution in [-0.4, -0.2) is 46.9 Å². The summed E-state index contributed by atoms with van der Waals surface area (Å²) in [5.74, 6) is -2.12. The van der Waals surface area contributed by atoms with E-state index in [0.29, 0.717) is 6.42 Å². The molecule has 0 spiro atoms. The summed E-state index contributed by atoms with van der Waals surface area (Å²) in [6.07, 6.45) is -0.401. The summed E-state index contributed by atoms with van der Waals surface area (Å²) in [5.41, 5.74) is 0.746. The summed E-state index contributed by atoms with van der Waals surface area (Å²) in [5, 5.41) is 31.3. The molecule has 1 aromatic rings. The van der Waals surface area contributed by atoms with Gasteiger partial charge in [0.25, 0.3) is 0 Å². The Morgan fingerprint density at radius 3 is 2.42 bits per heavy atom. The number of ether oxygens (including phenoxy) is 1. The minimum absolute atomic E-state index is 0.0155. The Bertz CT molecular complexity index is 644. The molecule has 0 unspecified atom stereocenters. The zero-order valence-corrected chi connectivity index (χ0v) is 14.1. The summed E-state index contributed by atoms with van der Waals surface area (Å²) in [7, 11) is 0. The molecule has 4 N–H and O–H groups in total. The number of alkyl carbamates (subject to hydrolysis) is 1. The molecular weight excluding hydrogens is 342 g/mol. The molecule has 0 radical (unpaired) electrons. The van der Waals surface area contributed by atoms with Gasteiger partial charge in [-0.25, -0.2) is 9.59 Å². The molecule has 0 saturated heterocycles. The maximum Gasteiger partial charge on any atom is 0.408 e. The van der Waals surface area contributed by atoms with Crippen LogP contribution in [0.15, 0.2) is 30.3 Å². The Morgan fingerprint density at radius 1 is 1.15 bits per heavy atom. The molecule has 9 heteroatoms. The number of nitrogens with one attached hydrogen (secondary N) is 2. The maximum absolute atomic E-state index is 12.1. The van der Waals surface area contributed by atoms with Crippen molar-refractivity contribution in [3.8, 4) is 6.07 Å². The Hall–Kier alpha value is -3.12. The SMILES string of the molecule is N#CCCC[C@@H](NC(=O)[C@H](CO)NC(=O)OCc1ccccc1)C(=O)O. The maximum atomic E-state index is 12.1. The third kappa shape index (κ3) is 7.63. The highest BCUT2D eigenvalue weighted by Gasteiger charge is 2.26. The van der Waals surface area contributed by atoms with Gasteiger partial charge in [0, 0.05) is 6.42 Å². The van der Waals surface area contributed by atoms with E-state index < -0.39 is 36.7 Å². The molecule has 1 aromatic carbocycles. The average molecular weight is 363 g/mol. The van der Waals surface area contributed by atoms with Crippen molar-refractivity contribution < 1.29 is 29.3 Å². The van der Waals surface area contributed by atoms with Gasteiger partial charge in [0.05, 0.1) is 12.7 Å². The second-order valence-electron chi connectivity index (χ2n) is 5.39. The van der Waals surface area contributed by atoms with Gasteiger partial charge >= 0.3 is 12.1 Å². The van der Waals surface area contributed by atoms with Crippen LogP contribution in [0, 0.1) is 11.3 Å². The van der Waals surface area contributed by atoms with E-state index in [0.717, 1.165) is 5.56 Å². The van der Waals surface area contributed by atoms with E-state index >= 15 is 0 Å². The monoisotopic (exact) mass is 363 g/mol. The van der Waals surface area contributed by atoms with Crippen molar-refractivity contribution in [3.05, 3.63) is 35.9 Å². The smallest absolute Gasteiger partial charge is 0.408 e. The van der Waals surface area contributed by atoms with Gasteiger partial charge in [-0.1, -0.05) is 30.3 Å². The quantitative estimate of drug-likeness (QED) is 0.443. The average Bonchev–Trinajstić information content (AvgIpc) is 2.64. The molecule has 9 nitrogen and oxygen atoms in total. The Labute approximate surface area is 150 Å². The molecule has 0 fully saturated rings. The number of benzene rings is 1. The lowest BCUT2D eigenvalue weighted by atomic mass is 10.1. The number of carbonyl (C=O) groups is 3.